The van der Waals surface area contributed by atoms with Crippen LogP contribution in [0.4, 0.5) is 0 Å². The molecule has 0 N–H and O–H groups in total. The van der Waals surface area contributed by atoms with Crippen molar-refractivity contribution in [3.05, 3.63) is 35.4 Å². The number of hydrogen-bond acceptors (Lipinski definition) is 2. The second kappa shape index (κ2) is 6.51. The zero-order valence-corrected chi connectivity index (χ0v) is 13.3. The van der Waals surface area contributed by atoms with Crippen molar-refractivity contribution in [1.29, 1.82) is 0 Å². The summed E-state index contributed by atoms with van der Waals surface area (Å²) in [5, 5.41) is 0. The van der Waals surface area contributed by atoms with E-state index in [-0.39, 0.29) is 18.4 Å². The molecule has 0 radical (unpaired) electrons. The highest BCUT2D eigenvalue weighted by Gasteiger charge is 2.28. The zero-order valence-electron chi connectivity index (χ0n) is 13.3. The fraction of sp³-hybridized carbons (Fsp3) is 0.556. The summed E-state index contributed by atoms with van der Waals surface area (Å²) in [5.74, 6) is 0.655. The van der Waals surface area contributed by atoms with Crippen LogP contribution in [-0.4, -0.2) is 47.8 Å². The highest BCUT2D eigenvalue weighted by Crippen LogP contribution is 2.29. The lowest BCUT2D eigenvalue weighted by molar-refractivity contribution is -0.139. The Bertz CT molecular complexity index is 570. The first-order valence-electron chi connectivity index (χ1n) is 8.26. The fourth-order valence-electron chi connectivity index (χ4n) is 3.64. The first-order valence-corrected chi connectivity index (χ1v) is 8.26. The largest absolute Gasteiger partial charge is 0.341 e. The van der Waals surface area contributed by atoms with Crippen LogP contribution < -0.4 is 0 Å². The third kappa shape index (κ3) is 3.16. The van der Waals surface area contributed by atoms with Crippen LogP contribution in [0.15, 0.2) is 24.3 Å². The normalized spacial score (nSPS) is 22.2. The highest BCUT2D eigenvalue weighted by atomic mass is 16.2. The SMILES string of the molecule is Cc1ccccc1[C@H]1CCCN(C(=O)CN2CCCC2=O)C1. The molecule has 0 bridgehead atoms. The quantitative estimate of drug-likeness (QED) is 0.859. The summed E-state index contributed by atoms with van der Waals surface area (Å²) in [6.07, 6.45) is 3.66. The minimum Gasteiger partial charge on any atom is -0.341 e. The van der Waals surface area contributed by atoms with Crippen LogP contribution >= 0.6 is 0 Å². The van der Waals surface area contributed by atoms with Gasteiger partial charge in [0.1, 0.15) is 0 Å². The molecule has 0 unspecified atom stereocenters. The van der Waals surface area contributed by atoms with Crippen molar-refractivity contribution in [2.75, 3.05) is 26.2 Å². The molecule has 2 heterocycles. The maximum absolute atomic E-state index is 12.5. The lowest BCUT2D eigenvalue weighted by Crippen LogP contribution is -2.45. The Hall–Kier alpha value is -1.84. The average Bonchev–Trinajstić information content (AvgIpc) is 2.93. The molecule has 0 spiro atoms. The van der Waals surface area contributed by atoms with Gasteiger partial charge in [0.2, 0.25) is 11.8 Å². The molecular weight excluding hydrogens is 276 g/mol. The number of hydrogen-bond donors (Lipinski definition) is 0. The maximum Gasteiger partial charge on any atom is 0.242 e. The molecule has 2 fully saturated rings. The lowest BCUT2D eigenvalue weighted by atomic mass is 9.88. The monoisotopic (exact) mass is 300 g/mol. The van der Waals surface area contributed by atoms with E-state index in [9.17, 15) is 9.59 Å². The maximum atomic E-state index is 12.5. The molecule has 4 heteroatoms. The van der Waals surface area contributed by atoms with Crippen molar-refractivity contribution in [3.63, 3.8) is 0 Å². The molecule has 1 aromatic rings. The van der Waals surface area contributed by atoms with Gasteiger partial charge in [-0.05, 0) is 37.3 Å². The average molecular weight is 300 g/mol. The van der Waals surface area contributed by atoms with Crippen LogP contribution in [0, 0.1) is 6.92 Å². The molecule has 118 valence electrons. The molecule has 2 aliphatic heterocycles. The summed E-state index contributed by atoms with van der Waals surface area (Å²) >= 11 is 0. The van der Waals surface area contributed by atoms with Crippen LogP contribution in [0.5, 0.6) is 0 Å². The van der Waals surface area contributed by atoms with Gasteiger partial charge in [0, 0.05) is 32.0 Å². The molecule has 2 amide bonds. The van der Waals surface area contributed by atoms with Gasteiger partial charge in [0.25, 0.3) is 0 Å². The van der Waals surface area contributed by atoms with Gasteiger partial charge in [-0.2, -0.15) is 0 Å². The Balaban J connectivity index is 1.64. The molecule has 0 saturated carbocycles. The number of amides is 2. The molecule has 1 atom stereocenters. The van der Waals surface area contributed by atoms with Crippen molar-refractivity contribution in [3.8, 4) is 0 Å². The smallest absolute Gasteiger partial charge is 0.242 e. The van der Waals surface area contributed by atoms with E-state index in [1.807, 2.05) is 4.90 Å². The second-order valence-corrected chi connectivity index (χ2v) is 6.45. The Morgan fingerprint density at radius 2 is 2.05 bits per heavy atom. The summed E-state index contributed by atoms with van der Waals surface area (Å²) in [7, 11) is 0. The van der Waals surface area contributed by atoms with Gasteiger partial charge in [0.05, 0.1) is 6.54 Å². The van der Waals surface area contributed by atoms with E-state index in [0.29, 0.717) is 12.3 Å². The number of carbonyl (C=O) groups excluding carboxylic acids is 2. The van der Waals surface area contributed by atoms with E-state index >= 15 is 0 Å². The van der Waals surface area contributed by atoms with Gasteiger partial charge in [-0.1, -0.05) is 24.3 Å². The standard InChI is InChI=1S/C18H24N2O2/c1-14-6-2-3-8-16(14)15-7-4-10-19(12-15)18(22)13-20-11-5-9-17(20)21/h2-3,6,8,15H,4-5,7,9-13H2,1H3/t15-/m0/s1. The summed E-state index contributed by atoms with van der Waals surface area (Å²) < 4.78 is 0. The number of carbonyl (C=O) groups is 2. The molecule has 22 heavy (non-hydrogen) atoms. The Labute approximate surface area is 132 Å². The van der Waals surface area contributed by atoms with E-state index in [1.165, 1.54) is 11.1 Å². The summed E-state index contributed by atoms with van der Waals surface area (Å²) in [4.78, 5) is 27.8. The van der Waals surface area contributed by atoms with E-state index in [0.717, 1.165) is 38.9 Å². The summed E-state index contributed by atoms with van der Waals surface area (Å²) in [6, 6.07) is 8.45. The van der Waals surface area contributed by atoms with Crippen LogP contribution in [0.25, 0.3) is 0 Å². The van der Waals surface area contributed by atoms with Crippen molar-refractivity contribution in [2.45, 2.75) is 38.5 Å². The third-order valence-corrected chi connectivity index (χ3v) is 4.90. The van der Waals surface area contributed by atoms with Crippen LogP contribution in [0.2, 0.25) is 0 Å². The first kappa shape index (κ1) is 15.1. The fourth-order valence-corrected chi connectivity index (χ4v) is 3.64. The number of likely N-dealkylation sites (tertiary alicyclic amines) is 2. The van der Waals surface area contributed by atoms with Crippen molar-refractivity contribution in [2.24, 2.45) is 0 Å². The number of nitrogens with zero attached hydrogens (tertiary/aromatic N) is 2. The molecule has 1 aromatic carbocycles. The topological polar surface area (TPSA) is 40.6 Å². The molecule has 4 nitrogen and oxygen atoms in total. The summed E-state index contributed by atoms with van der Waals surface area (Å²) in [5.41, 5.74) is 2.66. The van der Waals surface area contributed by atoms with Crippen LogP contribution in [-0.2, 0) is 9.59 Å². The van der Waals surface area contributed by atoms with Gasteiger partial charge in [-0.25, -0.2) is 0 Å². The zero-order chi connectivity index (χ0) is 15.5. The van der Waals surface area contributed by atoms with Gasteiger partial charge >= 0.3 is 0 Å². The van der Waals surface area contributed by atoms with Crippen LogP contribution in [0.3, 0.4) is 0 Å². The number of aryl methyl sites for hydroxylation is 1. The first-order chi connectivity index (χ1) is 10.6. The summed E-state index contributed by atoms with van der Waals surface area (Å²) in [6.45, 7) is 4.74. The van der Waals surface area contributed by atoms with Crippen molar-refractivity contribution >= 4 is 11.8 Å². The molecule has 0 aromatic heterocycles. The van der Waals surface area contributed by atoms with E-state index < -0.39 is 0 Å². The van der Waals surface area contributed by atoms with Crippen LogP contribution in [0.1, 0.15) is 42.7 Å². The van der Waals surface area contributed by atoms with Crippen molar-refractivity contribution < 1.29 is 9.59 Å². The van der Waals surface area contributed by atoms with E-state index in [4.69, 9.17) is 0 Å². The Morgan fingerprint density at radius 3 is 2.77 bits per heavy atom. The minimum atomic E-state index is 0.105. The molecular formula is C18H24N2O2. The van der Waals surface area contributed by atoms with Gasteiger partial charge in [-0.3, -0.25) is 9.59 Å². The second-order valence-electron chi connectivity index (χ2n) is 6.45. The lowest BCUT2D eigenvalue weighted by Gasteiger charge is -2.34. The van der Waals surface area contributed by atoms with E-state index in [1.54, 1.807) is 4.90 Å². The predicted molar refractivity (Wildman–Crippen MR) is 85.5 cm³/mol. The van der Waals surface area contributed by atoms with E-state index in [2.05, 4.69) is 31.2 Å². The van der Waals surface area contributed by atoms with Gasteiger partial charge in [-0.15, -0.1) is 0 Å². The molecule has 2 saturated heterocycles. The molecule has 0 aliphatic carbocycles. The van der Waals surface area contributed by atoms with Gasteiger partial charge < -0.3 is 9.80 Å². The highest BCUT2D eigenvalue weighted by molar-refractivity contribution is 5.86. The number of rotatable bonds is 3. The minimum absolute atomic E-state index is 0.105. The number of piperidine rings is 1. The van der Waals surface area contributed by atoms with Gasteiger partial charge in [0.15, 0.2) is 0 Å². The molecule has 2 aliphatic rings. The Morgan fingerprint density at radius 1 is 1.23 bits per heavy atom. The predicted octanol–water partition coefficient (Wildman–Crippen LogP) is 2.32. The Kier molecular flexibility index (Phi) is 4.46. The number of benzene rings is 1. The third-order valence-electron chi connectivity index (χ3n) is 4.90. The molecule has 3 rings (SSSR count). The van der Waals surface area contributed by atoms with Crippen molar-refractivity contribution in [1.82, 2.24) is 9.80 Å².